The molecule has 4 rings (SSSR count). The number of halogens is 1. The number of rotatable bonds is 4. The third kappa shape index (κ3) is 3.54. The molecule has 1 unspecified atom stereocenters. The predicted octanol–water partition coefficient (Wildman–Crippen LogP) is 4.02. The summed E-state index contributed by atoms with van der Waals surface area (Å²) in [5.41, 5.74) is 1.01. The highest BCUT2D eigenvalue weighted by molar-refractivity contribution is 7.14. The number of amides is 1. The maximum atomic E-state index is 13.2. The van der Waals surface area contributed by atoms with Crippen molar-refractivity contribution in [3.8, 4) is 0 Å². The van der Waals surface area contributed by atoms with E-state index in [0.717, 1.165) is 23.5 Å². The maximum Gasteiger partial charge on any atom is 0.269 e. The van der Waals surface area contributed by atoms with E-state index < -0.39 is 6.04 Å². The highest BCUT2D eigenvalue weighted by Gasteiger charge is 2.29. The fourth-order valence-electron chi connectivity index (χ4n) is 3.70. The van der Waals surface area contributed by atoms with Crippen LogP contribution in [-0.2, 0) is 4.79 Å². The Hall–Kier alpha value is -2.31. The lowest BCUT2D eigenvalue weighted by molar-refractivity contribution is -0.135. The van der Waals surface area contributed by atoms with E-state index in [1.807, 2.05) is 60.4 Å². The molecule has 0 bridgehead atoms. The van der Waals surface area contributed by atoms with Crippen molar-refractivity contribution in [2.45, 2.75) is 19.4 Å². The predicted molar refractivity (Wildman–Crippen MR) is 116 cm³/mol. The summed E-state index contributed by atoms with van der Waals surface area (Å²) >= 11 is 7.48. The summed E-state index contributed by atoms with van der Waals surface area (Å²) in [5.74, 6) is 0.0295. The van der Waals surface area contributed by atoms with Gasteiger partial charge < -0.3 is 9.80 Å². The van der Waals surface area contributed by atoms with Gasteiger partial charge in [0.2, 0.25) is 5.91 Å². The van der Waals surface area contributed by atoms with Gasteiger partial charge in [0.15, 0.2) is 0 Å². The number of aromatic nitrogens is 1. The normalized spacial score (nSPS) is 15.8. The number of hydrogen-bond donors (Lipinski definition) is 0. The molecule has 7 heteroatoms. The smallest absolute Gasteiger partial charge is 0.269 e. The molecule has 28 heavy (non-hydrogen) atoms. The van der Waals surface area contributed by atoms with Gasteiger partial charge in [0.05, 0.1) is 10.1 Å². The van der Waals surface area contributed by atoms with E-state index in [-0.39, 0.29) is 11.5 Å². The van der Waals surface area contributed by atoms with E-state index in [0.29, 0.717) is 29.9 Å². The average Bonchev–Trinajstić information content (AvgIpc) is 3.05. The molecular weight excluding hydrogens is 394 g/mol. The topological polar surface area (TPSA) is 45.6 Å². The second-order valence-corrected chi connectivity index (χ2v) is 8.39. The molecule has 1 amide bonds. The van der Waals surface area contributed by atoms with Crippen molar-refractivity contribution in [3.05, 3.63) is 63.9 Å². The molecule has 0 radical (unpaired) electrons. The van der Waals surface area contributed by atoms with Crippen LogP contribution in [-0.4, -0.2) is 40.9 Å². The second kappa shape index (κ2) is 7.97. The van der Waals surface area contributed by atoms with Crippen LogP contribution in [0.25, 0.3) is 10.1 Å². The summed E-state index contributed by atoms with van der Waals surface area (Å²) in [6.07, 6.45) is 0.597. The van der Waals surface area contributed by atoms with E-state index in [4.69, 9.17) is 11.6 Å². The van der Waals surface area contributed by atoms with Crippen molar-refractivity contribution in [3.63, 3.8) is 0 Å². The Balaban J connectivity index is 1.50. The van der Waals surface area contributed by atoms with Crippen molar-refractivity contribution in [1.82, 2.24) is 8.86 Å². The van der Waals surface area contributed by atoms with Gasteiger partial charge >= 0.3 is 0 Å². The minimum absolute atomic E-state index is 0.0295. The van der Waals surface area contributed by atoms with Crippen LogP contribution in [0, 0.1) is 0 Å². The Morgan fingerprint density at radius 2 is 1.86 bits per heavy atom. The molecule has 1 aromatic heterocycles. The molecule has 0 saturated carbocycles. The molecule has 2 heterocycles. The van der Waals surface area contributed by atoms with Crippen molar-refractivity contribution < 1.29 is 4.79 Å². The maximum absolute atomic E-state index is 13.2. The number of carbonyl (C=O) groups is 1. The number of hydrogen-bond acceptors (Lipinski definition) is 4. The van der Waals surface area contributed by atoms with Gasteiger partial charge in [0, 0.05) is 36.9 Å². The molecule has 0 spiro atoms. The minimum Gasteiger partial charge on any atom is -0.368 e. The van der Waals surface area contributed by atoms with Gasteiger partial charge in [-0.15, -0.1) is 0 Å². The molecule has 1 atom stereocenters. The Morgan fingerprint density at radius 3 is 2.54 bits per heavy atom. The van der Waals surface area contributed by atoms with Gasteiger partial charge in [-0.05, 0) is 36.8 Å². The number of nitrogens with zero attached hydrogens (tertiary/aromatic N) is 3. The molecule has 1 saturated heterocycles. The second-order valence-electron chi connectivity index (χ2n) is 6.93. The van der Waals surface area contributed by atoms with Gasteiger partial charge in [-0.3, -0.25) is 13.5 Å². The molecule has 2 aromatic carbocycles. The van der Waals surface area contributed by atoms with E-state index in [1.54, 1.807) is 3.96 Å². The molecule has 1 aliphatic rings. The SMILES string of the molecule is CCC(C(=O)N1CCN(c2cccc(Cl)c2)CC1)n1sc2ccccc2c1=O. The Labute approximate surface area is 172 Å². The van der Waals surface area contributed by atoms with Crippen molar-refractivity contribution in [1.29, 1.82) is 0 Å². The van der Waals surface area contributed by atoms with Crippen molar-refractivity contribution in [2.75, 3.05) is 31.1 Å². The van der Waals surface area contributed by atoms with Gasteiger partial charge in [0.25, 0.3) is 5.56 Å². The van der Waals surface area contributed by atoms with Gasteiger partial charge in [-0.25, -0.2) is 0 Å². The fourth-order valence-corrected chi connectivity index (χ4v) is 5.04. The number of benzene rings is 2. The van der Waals surface area contributed by atoms with Crippen LogP contribution in [0.1, 0.15) is 19.4 Å². The number of anilines is 1. The first-order valence-corrected chi connectivity index (χ1v) is 10.6. The van der Waals surface area contributed by atoms with Crippen LogP contribution in [0.4, 0.5) is 5.69 Å². The van der Waals surface area contributed by atoms with Crippen LogP contribution in [0.3, 0.4) is 0 Å². The molecule has 0 N–H and O–H groups in total. The molecule has 3 aromatic rings. The number of piperazine rings is 1. The van der Waals surface area contributed by atoms with E-state index in [9.17, 15) is 9.59 Å². The van der Waals surface area contributed by atoms with Crippen LogP contribution < -0.4 is 10.5 Å². The summed E-state index contributed by atoms with van der Waals surface area (Å²) in [6, 6.07) is 14.9. The lowest BCUT2D eigenvalue weighted by atomic mass is 10.1. The van der Waals surface area contributed by atoms with E-state index in [1.165, 1.54) is 11.5 Å². The first-order chi connectivity index (χ1) is 13.6. The summed E-state index contributed by atoms with van der Waals surface area (Å²) < 4.78 is 2.57. The average molecular weight is 416 g/mol. The largest absolute Gasteiger partial charge is 0.368 e. The number of carbonyl (C=O) groups excluding carboxylic acids is 1. The molecule has 1 aliphatic heterocycles. The zero-order valence-corrected chi connectivity index (χ0v) is 17.2. The first kappa shape index (κ1) is 19.0. The van der Waals surface area contributed by atoms with Crippen LogP contribution in [0.2, 0.25) is 5.02 Å². The molecule has 5 nitrogen and oxygen atoms in total. The Morgan fingerprint density at radius 1 is 1.11 bits per heavy atom. The molecule has 146 valence electrons. The Kier molecular flexibility index (Phi) is 5.42. The third-order valence-corrected chi connectivity index (χ3v) is 6.64. The van der Waals surface area contributed by atoms with Gasteiger partial charge in [-0.1, -0.05) is 48.3 Å². The third-order valence-electron chi connectivity index (χ3n) is 5.23. The highest BCUT2D eigenvalue weighted by Crippen LogP contribution is 2.25. The zero-order chi connectivity index (χ0) is 19.7. The minimum atomic E-state index is -0.442. The van der Waals surface area contributed by atoms with Gasteiger partial charge in [-0.2, -0.15) is 0 Å². The van der Waals surface area contributed by atoms with Crippen LogP contribution >= 0.6 is 23.1 Å². The summed E-state index contributed by atoms with van der Waals surface area (Å²) in [6.45, 7) is 4.75. The molecular formula is C21H22ClN3O2S. The number of fused-ring (bicyclic) bond motifs is 1. The lowest BCUT2D eigenvalue weighted by Gasteiger charge is -2.37. The summed E-state index contributed by atoms with van der Waals surface area (Å²) in [5, 5.41) is 1.40. The standard InChI is InChI=1S/C21H22ClN3O2S/c1-2-18(25-20(26)17-8-3-4-9-19(17)28-25)21(27)24-12-10-23(11-13-24)16-7-5-6-15(22)14-16/h3-9,14,18H,2,10-13H2,1H3. The Bertz CT molecular complexity index is 1050. The van der Waals surface area contributed by atoms with E-state index in [2.05, 4.69) is 4.90 Å². The molecule has 1 fully saturated rings. The quantitative estimate of drug-likeness (QED) is 0.646. The summed E-state index contributed by atoms with van der Waals surface area (Å²) in [7, 11) is 0. The van der Waals surface area contributed by atoms with Crippen molar-refractivity contribution >= 4 is 44.8 Å². The van der Waals surface area contributed by atoms with E-state index >= 15 is 0 Å². The monoisotopic (exact) mass is 415 g/mol. The molecule has 0 aliphatic carbocycles. The zero-order valence-electron chi connectivity index (χ0n) is 15.7. The highest BCUT2D eigenvalue weighted by atomic mass is 35.5. The van der Waals surface area contributed by atoms with Gasteiger partial charge in [0.1, 0.15) is 6.04 Å². The van der Waals surface area contributed by atoms with Crippen molar-refractivity contribution in [2.24, 2.45) is 0 Å². The first-order valence-electron chi connectivity index (χ1n) is 9.48. The summed E-state index contributed by atoms with van der Waals surface area (Å²) in [4.78, 5) is 30.1. The fraction of sp³-hybridized carbons (Fsp3) is 0.333. The van der Waals surface area contributed by atoms with Crippen LogP contribution in [0.5, 0.6) is 0 Å². The lowest BCUT2D eigenvalue weighted by Crippen LogP contribution is -2.51. The van der Waals surface area contributed by atoms with Crippen LogP contribution in [0.15, 0.2) is 53.3 Å².